The van der Waals surface area contributed by atoms with E-state index in [4.69, 9.17) is 0 Å². The highest BCUT2D eigenvalue weighted by Gasteiger charge is 2.47. The van der Waals surface area contributed by atoms with Crippen molar-refractivity contribution in [3.63, 3.8) is 0 Å². The zero-order valence-electron chi connectivity index (χ0n) is 14.1. The first kappa shape index (κ1) is 15.8. The highest BCUT2D eigenvalue weighted by Crippen LogP contribution is 2.48. The molecule has 1 aromatic carbocycles. The summed E-state index contributed by atoms with van der Waals surface area (Å²) in [5.74, 6) is 1.34. The molecular formula is C19H27N3O2. The minimum Gasteiger partial charge on any atom is -0.396 e. The van der Waals surface area contributed by atoms with Crippen LogP contribution in [-0.4, -0.2) is 36.9 Å². The van der Waals surface area contributed by atoms with Gasteiger partial charge in [0.1, 0.15) is 0 Å². The van der Waals surface area contributed by atoms with Crippen LogP contribution in [0.5, 0.6) is 0 Å². The number of urea groups is 1. The van der Waals surface area contributed by atoms with E-state index in [9.17, 15) is 9.90 Å². The summed E-state index contributed by atoms with van der Waals surface area (Å²) in [6, 6.07) is 8.01. The second kappa shape index (κ2) is 6.63. The Morgan fingerprint density at radius 2 is 1.92 bits per heavy atom. The molecule has 3 N–H and O–H groups in total. The second-order valence-electron chi connectivity index (χ2n) is 7.52. The van der Waals surface area contributed by atoms with Crippen LogP contribution in [0.2, 0.25) is 0 Å². The molecular weight excluding hydrogens is 302 g/mol. The molecule has 1 aromatic rings. The number of nitrogens with zero attached hydrogens (tertiary/aromatic N) is 1. The van der Waals surface area contributed by atoms with E-state index in [1.54, 1.807) is 0 Å². The van der Waals surface area contributed by atoms with Crippen LogP contribution in [0.25, 0.3) is 0 Å². The molecule has 0 spiro atoms. The van der Waals surface area contributed by atoms with Gasteiger partial charge in [-0.15, -0.1) is 0 Å². The molecule has 0 unspecified atom stereocenters. The molecule has 4 atom stereocenters. The van der Waals surface area contributed by atoms with E-state index in [1.807, 2.05) is 18.2 Å². The molecule has 3 aliphatic rings. The monoisotopic (exact) mass is 329 g/mol. The van der Waals surface area contributed by atoms with Crippen LogP contribution in [0.3, 0.4) is 0 Å². The average molecular weight is 329 g/mol. The number of amides is 2. The second-order valence-corrected chi connectivity index (χ2v) is 7.52. The van der Waals surface area contributed by atoms with Gasteiger partial charge in [-0.05, 0) is 56.1 Å². The van der Waals surface area contributed by atoms with Crippen molar-refractivity contribution in [3.8, 4) is 0 Å². The Labute approximate surface area is 143 Å². The summed E-state index contributed by atoms with van der Waals surface area (Å²) in [7, 11) is 0. The number of rotatable bonds is 4. The summed E-state index contributed by atoms with van der Waals surface area (Å²) in [6.45, 7) is 2.29. The molecule has 2 saturated carbocycles. The van der Waals surface area contributed by atoms with Gasteiger partial charge in [-0.1, -0.05) is 12.1 Å². The molecule has 2 amide bonds. The zero-order valence-corrected chi connectivity index (χ0v) is 14.1. The van der Waals surface area contributed by atoms with E-state index in [-0.39, 0.29) is 24.6 Å². The number of aliphatic hydroxyl groups excluding tert-OH is 1. The van der Waals surface area contributed by atoms with E-state index < -0.39 is 0 Å². The maximum absolute atomic E-state index is 12.6. The van der Waals surface area contributed by atoms with Gasteiger partial charge >= 0.3 is 6.03 Å². The molecule has 5 heteroatoms. The van der Waals surface area contributed by atoms with Crippen molar-refractivity contribution in [2.24, 2.45) is 17.8 Å². The number of nitrogens with one attached hydrogen (secondary N) is 2. The molecule has 5 nitrogen and oxygen atoms in total. The van der Waals surface area contributed by atoms with Gasteiger partial charge in [-0.2, -0.15) is 0 Å². The van der Waals surface area contributed by atoms with Crippen molar-refractivity contribution >= 4 is 17.4 Å². The van der Waals surface area contributed by atoms with Crippen molar-refractivity contribution in [2.75, 3.05) is 29.9 Å². The summed E-state index contributed by atoms with van der Waals surface area (Å²) in [5, 5.41) is 15.9. The molecule has 3 fully saturated rings. The van der Waals surface area contributed by atoms with Gasteiger partial charge in [0.25, 0.3) is 0 Å². The Morgan fingerprint density at radius 1 is 1.17 bits per heavy atom. The standard InChI is InChI=1S/C19H27N3O2/c23-12-15-13-7-8-14(11-13)18(15)21-19(24)20-16-5-1-2-6-17(16)22-9-3-4-10-22/h1-2,5-6,13-15,18,23H,3-4,7-12H2,(H2,20,21,24)/t13-,14-,15+,18+/m0/s1. The predicted octanol–water partition coefficient (Wildman–Crippen LogP) is 2.82. The Kier molecular flexibility index (Phi) is 4.35. The Bertz CT molecular complexity index is 600. The Balaban J connectivity index is 1.43. The van der Waals surface area contributed by atoms with Crippen LogP contribution in [-0.2, 0) is 0 Å². The maximum atomic E-state index is 12.6. The number of para-hydroxylation sites is 2. The minimum atomic E-state index is -0.141. The summed E-state index contributed by atoms with van der Waals surface area (Å²) in [4.78, 5) is 14.9. The lowest BCUT2D eigenvalue weighted by molar-refractivity contribution is 0.146. The number of hydrogen-bond donors (Lipinski definition) is 3. The largest absolute Gasteiger partial charge is 0.396 e. The third-order valence-electron chi connectivity index (χ3n) is 6.20. The number of fused-ring (bicyclic) bond motifs is 2. The lowest BCUT2D eigenvalue weighted by Gasteiger charge is -2.30. The molecule has 0 aromatic heterocycles. The molecule has 0 radical (unpaired) electrons. The molecule has 2 bridgehead atoms. The highest BCUT2D eigenvalue weighted by atomic mass is 16.3. The van der Waals surface area contributed by atoms with Gasteiger partial charge in [0.05, 0.1) is 11.4 Å². The Hall–Kier alpha value is -1.75. The first-order valence-electron chi connectivity index (χ1n) is 9.28. The number of aliphatic hydroxyl groups is 1. The smallest absolute Gasteiger partial charge is 0.319 e. The first-order chi connectivity index (χ1) is 11.8. The fraction of sp³-hybridized carbons (Fsp3) is 0.632. The number of benzene rings is 1. The third kappa shape index (κ3) is 2.86. The number of hydrogen-bond acceptors (Lipinski definition) is 3. The van der Waals surface area contributed by atoms with Crippen molar-refractivity contribution in [1.29, 1.82) is 0 Å². The van der Waals surface area contributed by atoms with Gasteiger partial charge in [0.2, 0.25) is 0 Å². The number of carbonyl (C=O) groups is 1. The summed E-state index contributed by atoms with van der Waals surface area (Å²) in [5.41, 5.74) is 1.98. The van der Waals surface area contributed by atoms with Gasteiger partial charge in [-0.3, -0.25) is 0 Å². The summed E-state index contributed by atoms with van der Waals surface area (Å²) < 4.78 is 0. The van der Waals surface area contributed by atoms with E-state index in [0.29, 0.717) is 11.8 Å². The van der Waals surface area contributed by atoms with Crippen molar-refractivity contribution in [2.45, 2.75) is 38.1 Å². The fourth-order valence-corrected chi connectivity index (χ4v) is 5.02. The van der Waals surface area contributed by atoms with Crippen molar-refractivity contribution in [3.05, 3.63) is 24.3 Å². The summed E-state index contributed by atoms with van der Waals surface area (Å²) >= 11 is 0. The molecule has 2 aliphatic carbocycles. The van der Waals surface area contributed by atoms with Crippen LogP contribution in [0.4, 0.5) is 16.2 Å². The van der Waals surface area contributed by atoms with E-state index in [2.05, 4.69) is 21.6 Å². The van der Waals surface area contributed by atoms with Crippen molar-refractivity contribution in [1.82, 2.24) is 5.32 Å². The molecule has 24 heavy (non-hydrogen) atoms. The molecule has 130 valence electrons. The van der Waals surface area contributed by atoms with Crippen LogP contribution < -0.4 is 15.5 Å². The quantitative estimate of drug-likeness (QED) is 0.796. The van der Waals surface area contributed by atoms with E-state index in [0.717, 1.165) is 30.9 Å². The zero-order chi connectivity index (χ0) is 16.5. The summed E-state index contributed by atoms with van der Waals surface area (Å²) in [6.07, 6.45) is 5.96. The van der Waals surface area contributed by atoms with Gasteiger partial charge in [0.15, 0.2) is 0 Å². The lowest BCUT2D eigenvalue weighted by atomic mass is 9.85. The molecule has 4 rings (SSSR count). The van der Waals surface area contributed by atoms with Gasteiger partial charge in [-0.25, -0.2) is 4.79 Å². The fourth-order valence-electron chi connectivity index (χ4n) is 5.02. The topological polar surface area (TPSA) is 64.6 Å². The highest BCUT2D eigenvalue weighted by molar-refractivity contribution is 5.93. The molecule has 1 aliphatic heterocycles. The average Bonchev–Trinajstić information content (AvgIpc) is 3.32. The van der Waals surface area contributed by atoms with E-state index >= 15 is 0 Å². The Morgan fingerprint density at radius 3 is 2.71 bits per heavy atom. The lowest BCUT2D eigenvalue weighted by Crippen LogP contribution is -2.47. The van der Waals surface area contributed by atoms with Crippen molar-refractivity contribution < 1.29 is 9.90 Å². The third-order valence-corrected chi connectivity index (χ3v) is 6.20. The number of anilines is 2. The first-order valence-corrected chi connectivity index (χ1v) is 9.28. The van der Waals surface area contributed by atoms with Crippen LogP contribution in [0, 0.1) is 17.8 Å². The number of carbonyl (C=O) groups excluding carboxylic acids is 1. The SMILES string of the molecule is O=C(Nc1ccccc1N1CCCC1)N[C@@H]1[C@H]2CC[C@@H](C2)[C@H]1CO. The normalized spacial score (nSPS) is 31.5. The minimum absolute atomic E-state index is 0.118. The van der Waals surface area contributed by atoms with Gasteiger partial charge in [0, 0.05) is 31.7 Å². The predicted molar refractivity (Wildman–Crippen MR) is 95.2 cm³/mol. The molecule has 1 heterocycles. The van der Waals surface area contributed by atoms with Crippen LogP contribution >= 0.6 is 0 Å². The van der Waals surface area contributed by atoms with Crippen LogP contribution in [0.1, 0.15) is 32.1 Å². The van der Waals surface area contributed by atoms with Gasteiger partial charge < -0.3 is 20.6 Å². The maximum Gasteiger partial charge on any atom is 0.319 e. The van der Waals surface area contributed by atoms with E-state index in [1.165, 1.54) is 25.7 Å². The van der Waals surface area contributed by atoms with Crippen LogP contribution in [0.15, 0.2) is 24.3 Å². The molecule has 1 saturated heterocycles.